The summed E-state index contributed by atoms with van der Waals surface area (Å²) in [5.74, 6) is 0.600. The van der Waals surface area contributed by atoms with Crippen molar-refractivity contribution >= 4 is 5.78 Å². The Hall–Kier alpha value is -0.590. The first-order valence-electron chi connectivity index (χ1n) is 4.47. The number of allylic oxidation sites excluding steroid dienone is 2. The van der Waals surface area contributed by atoms with Gasteiger partial charge >= 0.3 is 0 Å². The van der Waals surface area contributed by atoms with Crippen molar-refractivity contribution in [2.45, 2.75) is 41.5 Å². The number of carbonyl (C=O) groups is 1. The first kappa shape index (κ1) is 11.4. The summed E-state index contributed by atoms with van der Waals surface area (Å²) >= 11 is 0. The first-order valence-corrected chi connectivity index (χ1v) is 4.47. The third-order valence-electron chi connectivity index (χ3n) is 1.85. The molecule has 0 N–H and O–H groups in total. The van der Waals surface area contributed by atoms with E-state index < -0.39 is 0 Å². The summed E-state index contributed by atoms with van der Waals surface area (Å²) in [6.07, 6.45) is 1.77. The molecule has 1 heteroatoms. The van der Waals surface area contributed by atoms with Crippen LogP contribution in [0.25, 0.3) is 0 Å². The zero-order valence-corrected chi connectivity index (χ0v) is 9.06. The Balaban J connectivity index is 4.80. The van der Waals surface area contributed by atoms with Gasteiger partial charge in [0.25, 0.3) is 0 Å². The lowest BCUT2D eigenvalue weighted by Gasteiger charge is -2.26. The van der Waals surface area contributed by atoms with Crippen LogP contribution in [0.5, 0.6) is 0 Å². The normalized spacial score (nSPS) is 13.8. The van der Waals surface area contributed by atoms with E-state index in [0.29, 0.717) is 5.92 Å². The average molecular weight is 168 g/mol. The van der Waals surface area contributed by atoms with Crippen molar-refractivity contribution in [1.82, 2.24) is 0 Å². The van der Waals surface area contributed by atoms with Gasteiger partial charge in [-0.3, -0.25) is 4.79 Å². The predicted octanol–water partition coefficient (Wildman–Crippen LogP) is 3.20. The molecule has 12 heavy (non-hydrogen) atoms. The molecule has 0 amide bonds. The molecule has 0 aromatic carbocycles. The second-order valence-electron chi connectivity index (χ2n) is 4.62. The fraction of sp³-hybridized carbons (Fsp3) is 0.727. The molecule has 0 aliphatic rings. The van der Waals surface area contributed by atoms with Gasteiger partial charge in [0.2, 0.25) is 0 Å². The maximum absolute atomic E-state index is 10.9. The molecular formula is C11H20O. The number of hydrogen-bond acceptors (Lipinski definition) is 1. The Morgan fingerprint density at radius 2 is 1.67 bits per heavy atom. The molecule has 0 spiro atoms. The molecule has 0 atom stereocenters. The smallest absolute Gasteiger partial charge is 0.152 e. The minimum absolute atomic E-state index is 0.111. The highest BCUT2D eigenvalue weighted by Crippen LogP contribution is 2.30. The molecule has 0 aromatic heterocycles. The van der Waals surface area contributed by atoms with E-state index in [1.807, 2.05) is 0 Å². The van der Waals surface area contributed by atoms with E-state index in [0.717, 1.165) is 0 Å². The zero-order valence-electron chi connectivity index (χ0n) is 9.06. The number of hydrogen-bond donors (Lipinski definition) is 0. The largest absolute Gasteiger partial charge is 0.295 e. The van der Waals surface area contributed by atoms with Crippen LogP contribution in [0.4, 0.5) is 0 Å². The quantitative estimate of drug-likeness (QED) is 0.579. The number of carbonyl (C=O) groups excluding carboxylic acids is 1. The molecule has 0 saturated heterocycles. The van der Waals surface area contributed by atoms with Crippen molar-refractivity contribution in [3.8, 4) is 0 Å². The van der Waals surface area contributed by atoms with Gasteiger partial charge in [-0.15, -0.1) is 0 Å². The average Bonchev–Trinajstić information content (AvgIpc) is 1.79. The molecule has 0 aliphatic heterocycles. The third kappa shape index (κ3) is 3.70. The van der Waals surface area contributed by atoms with Crippen LogP contribution in [-0.2, 0) is 4.79 Å². The van der Waals surface area contributed by atoms with Gasteiger partial charge < -0.3 is 0 Å². The molecule has 0 heterocycles. The van der Waals surface area contributed by atoms with Crippen LogP contribution in [0.15, 0.2) is 11.6 Å². The summed E-state index contributed by atoms with van der Waals surface area (Å²) in [7, 11) is 0. The SMILES string of the molecule is CC(=O)/C=C(/C(C)C)C(C)(C)C. The van der Waals surface area contributed by atoms with E-state index in [1.165, 1.54) is 5.57 Å². The third-order valence-corrected chi connectivity index (χ3v) is 1.85. The van der Waals surface area contributed by atoms with Crippen molar-refractivity contribution in [3.63, 3.8) is 0 Å². The Kier molecular flexibility index (Phi) is 3.69. The maximum Gasteiger partial charge on any atom is 0.152 e. The molecular weight excluding hydrogens is 148 g/mol. The van der Waals surface area contributed by atoms with Gasteiger partial charge in [-0.1, -0.05) is 40.2 Å². The van der Waals surface area contributed by atoms with Crippen LogP contribution in [0.2, 0.25) is 0 Å². The Labute approximate surface area is 75.9 Å². The molecule has 0 unspecified atom stereocenters. The van der Waals surface area contributed by atoms with Gasteiger partial charge in [-0.05, 0) is 24.3 Å². The maximum atomic E-state index is 10.9. The lowest BCUT2D eigenvalue weighted by Crippen LogP contribution is -2.15. The molecule has 0 rings (SSSR count). The second kappa shape index (κ2) is 3.88. The molecule has 0 fully saturated rings. The minimum atomic E-state index is 0.111. The lowest BCUT2D eigenvalue weighted by atomic mass is 9.79. The Morgan fingerprint density at radius 3 is 1.75 bits per heavy atom. The summed E-state index contributed by atoms with van der Waals surface area (Å²) in [5.41, 5.74) is 1.34. The van der Waals surface area contributed by atoms with Gasteiger partial charge in [0, 0.05) is 0 Å². The Bertz CT molecular complexity index is 192. The van der Waals surface area contributed by atoms with E-state index in [4.69, 9.17) is 0 Å². The summed E-state index contributed by atoms with van der Waals surface area (Å²) in [4.78, 5) is 10.9. The topological polar surface area (TPSA) is 17.1 Å². The zero-order chi connectivity index (χ0) is 9.94. The van der Waals surface area contributed by atoms with Gasteiger partial charge in [-0.2, -0.15) is 0 Å². The number of ketones is 1. The summed E-state index contributed by atoms with van der Waals surface area (Å²) in [6.45, 7) is 12.3. The first-order chi connectivity index (χ1) is 5.25. The van der Waals surface area contributed by atoms with Crippen molar-refractivity contribution in [3.05, 3.63) is 11.6 Å². The lowest BCUT2D eigenvalue weighted by molar-refractivity contribution is -0.112. The van der Waals surface area contributed by atoms with E-state index in [9.17, 15) is 4.79 Å². The van der Waals surface area contributed by atoms with E-state index in [1.54, 1.807) is 13.0 Å². The summed E-state index contributed by atoms with van der Waals surface area (Å²) in [6, 6.07) is 0. The standard InChI is InChI=1S/C11H20O/c1-8(2)10(7-9(3)12)11(4,5)6/h7-8H,1-6H3/b10-7-. The summed E-state index contributed by atoms with van der Waals surface area (Å²) < 4.78 is 0. The molecule has 0 radical (unpaired) electrons. The highest BCUT2D eigenvalue weighted by atomic mass is 16.1. The van der Waals surface area contributed by atoms with E-state index >= 15 is 0 Å². The number of rotatable bonds is 2. The van der Waals surface area contributed by atoms with Gasteiger partial charge in [0.05, 0.1) is 0 Å². The van der Waals surface area contributed by atoms with Crippen LogP contribution in [-0.4, -0.2) is 5.78 Å². The van der Waals surface area contributed by atoms with Crippen LogP contribution in [0.1, 0.15) is 41.5 Å². The Morgan fingerprint density at radius 1 is 1.25 bits per heavy atom. The van der Waals surface area contributed by atoms with Crippen molar-refractivity contribution < 1.29 is 4.79 Å². The minimum Gasteiger partial charge on any atom is -0.295 e. The fourth-order valence-corrected chi connectivity index (χ4v) is 1.47. The van der Waals surface area contributed by atoms with Gasteiger partial charge in [0.15, 0.2) is 5.78 Å². The molecule has 0 bridgehead atoms. The molecule has 0 saturated carbocycles. The fourth-order valence-electron chi connectivity index (χ4n) is 1.47. The van der Waals surface area contributed by atoms with Crippen molar-refractivity contribution in [1.29, 1.82) is 0 Å². The van der Waals surface area contributed by atoms with Crippen molar-refractivity contribution in [2.75, 3.05) is 0 Å². The van der Waals surface area contributed by atoms with Crippen molar-refractivity contribution in [2.24, 2.45) is 11.3 Å². The second-order valence-corrected chi connectivity index (χ2v) is 4.62. The highest BCUT2D eigenvalue weighted by Gasteiger charge is 2.19. The van der Waals surface area contributed by atoms with Crippen LogP contribution in [0, 0.1) is 11.3 Å². The predicted molar refractivity (Wildman–Crippen MR) is 53.1 cm³/mol. The molecule has 70 valence electrons. The van der Waals surface area contributed by atoms with E-state index in [2.05, 4.69) is 34.6 Å². The van der Waals surface area contributed by atoms with E-state index in [-0.39, 0.29) is 11.2 Å². The van der Waals surface area contributed by atoms with Crippen LogP contribution in [0.3, 0.4) is 0 Å². The monoisotopic (exact) mass is 168 g/mol. The molecule has 0 aromatic rings. The van der Waals surface area contributed by atoms with Gasteiger partial charge in [-0.25, -0.2) is 0 Å². The van der Waals surface area contributed by atoms with Gasteiger partial charge in [0.1, 0.15) is 0 Å². The van der Waals surface area contributed by atoms with Crippen LogP contribution < -0.4 is 0 Å². The molecule has 0 aliphatic carbocycles. The highest BCUT2D eigenvalue weighted by molar-refractivity contribution is 5.88. The molecule has 1 nitrogen and oxygen atoms in total. The summed E-state index contributed by atoms with van der Waals surface area (Å²) in [5, 5.41) is 0. The van der Waals surface area contributed by atoms with Crippen LogP contribution >= 0.6 is 0 Å².